The molecule has 2 aromatic rings. The molecule has 20 heavy (non-hydrogen) atoms. The van der Waals surface area contributed by atoms with E-state index in [4.69, 9.17) is 0 Å². The zero-order valence-corrected chi connectivity index (χ0v) is 11.5. The van der Waals surface area contributed by atoms with Gasteiger partial charge in [0.2, 0.25) is 0 Å². The molecule has 0 saturated carbocycles. The predicted octanol–water partition coefficient (Wildman–Crippen LogP) is 3.25. The molecular formula is C16H17FN2O. The summed E-state index contributed by atoms with van der Waals surface area (Å²) in [6.45, 7) is 3.67. The van der Waals surface area contributed by atoms with Crippen LogP contribution in [0.2, 0.25) is 0 Å². The Hall–Kier alpha value is -1.97. The number of nitrogens with zero attached hydrogens (tertiary/aromatic N) is 2. The highest BCUT2D eigenvalue weighted by molar-refractivity contribution is 5.95. The van der Waals surface area contributed by atoms with Crippen molar-refractivity contribution in [2.75, 3.05) is 13.1 Å². The zero-order valence-electron chi connectivity index (χ0n) is 11.5. The first kappa shape index (κ1) is 13.0. The highest BCUT2D eigenvalue weighted by Crippen LogP contribution is 2.20. The third-order valence-corrected chi connectivity index (χ3v) is 3.83. The fourth-order valence-electron chi connectivity index (χ4n) is 2.77. The van der Waals surface area contributed by atoms with Crippen LogP contribution in [0.15, 0.2) is 30.3 Å². The maximum Gasteiger partial charge on any atom is 0.272 e. The highest BCUT2D eigenvalue weighted by Gasteiger charge is 2.23. The number of amides is 1. The Kier molecular flexibility index (Phi) is 3.38. The van der Waals surface area contributed by atoms with Crippen LogP contribution in [0.4, 0.5) is 4.39 Å². The summed E-state index contributed by atoms with van der Waals surface area (Å²) in [5.41, 5.74) is 0.597. The van der Waals surface area contributed by atoms with Crippen molar-refractivity contribution in [1.82, 2.24) is 9.88 Å². The number of aromatic nitrogens is 1. The zero-order chi connectivity index (χ0) is 14.1. The third kappa shape index (κ3) is 2.38. The van der Waals surface area contributed by atoms with E-state index in [0.717, 1.165) is 25.9 Å². The molecule has 1 aromatic heterocycles. The molecule has 1 fully saturated rings. The number of benzene rings is 1. The Morgan fingerprint density at radius 2 is 2.20 bits per heavy atom. The van der Waals surface area contributed by atoms with E-state index in [1.54, 1.807) is 24.3 Å². The smallest absolute Gasteiger partial charge is 0.272 e. The quantitative estimate of drug-likeness (QED) is 0.798. The van der Waals surface area contributed by atoms with E-state index in [1.165, 1.54) is 6.07 Å². The van der Waals surface area contributed by atoms with Crippen molar-refractivity contribution >= 4 is 16.8 Å². The summed E-state index contributed by atoms with van der Waals surface area (Å²) in [5, 5.41) is 0.716. The normalized spacial score (nSPS) is 19.3. The monoisotopic (exact) mass is 272 g/mol. The SMILES string of the molecule is CC1CCCN(C(=O)c2ccc3cccc(F)c3n2)C1. The van der Waals surface area contributed by atoms with Crippen molar-refractivity contribution in [2.24, 2.45) is 5.92 Å². The number of rotatable bonds is 1. The summed E-state index contributed by atoms with van der Waals surface area (Å²) >= 11 is 0. The topological polar surface area (TPSA) is 33.2 Å². The summed E-state index contributed by atoms with van der Waals surface area (Å²) in [5.74, 6) is 0.0377. The molecule has 1 aliphatic rings. The molecule has 0 radical (unpaired) electrons. The molecule has 1 unspecified atom stereocenters. The summed E-state index contributed by atoms with van der Waals surface area (Å²) in [7, 11) is 0. The van der Waals surface area contributed by atoms with E-state index in [-0.39, 0.29) is 17.2 Å². The van der Waals surface area contributed by atoms with E-state index in [0.29, 0.717) is 17.0 Å². The molecule has 1 amide bonds. The van der Waals surface area contributed by atoms with Crippen LogP contribution in [0.25, 0.3) is 10.9 Å². The molecule has 4 heteroatoms. The van der Waals surface area contributed by atoms with Gasteiger partial charge in [0.15, 0.2) is 0 Å². The van der Waals surface area contributed by atoms with E-state index in [2.05, 4.69) is 11.9 Å². The highest BCUT2D eigenvalue weighted by atomic mass is 19.1. The lowest BCUT2D eigenvalue weighted by Crippen LogP contribution is -2.39. The largest absolute Gasteiger partial charge is 0.337 e. The second kappa shape index (κ2) is 5.19. The lowest BCUT2D eigenvalue weighted by atomic mass is 10.00. The first-order valence-corrected chi connectivity index (χ1v) is 6.99. The number of likely N-dealkylation sites (tertiary alicyclic amines) is 1. The summed E-state index contributed by atoms with van der Waals surface area (Å²) in [4.78, 5) is 18.5. The van der Waals surface area contributed by atoms with E-state index in [9.17, 15) is 9.18 Å². The van der Waals surface area contributed by atoms with Gasteiger partial charge < -0.3 is 4.90 Å². The minimum absolute atomic E-state index is 0.0956. The Balaban J connectivity index is 1.93. The number of piperidine rings is 1. The van der Waals surface area contributed by atoms with Gasteiger partial charge in [-0.25, -0.2) is 9.37 Å². The van der Waals surface area contributed by atoms with Crippen molar-refractivity contribution in [3.8, 4) is 0 Å². The van der Waals surface area contributed by atoms with Crippen LogP contribution in [0.3, 0.4) is 0 Å². The van der Waals surface area contributed by atoms with Gasteiger partial charge in [-0.1, -0.05) is 25.1 Å². The summed E-state index contributed by atoms with van der Waals surface area (Å²) in [6.07, 6.45) is 2.18. The molecule has 1 saturated heterocycles. The Morgan fingerprint density at radius 1 is 1.35 bits per heavy atom. The molecule has 0 spiro atoms. The first-order valence-electron chi connectivity index (χ1n) is 6.99. The van der Waals surface area contributed by atoms with Crippen molar-refractivity contribution in [3.05, 3.63) is 41.8 Å². The van der Waals surface area contributed by atoms with Crippen LogP contribution in [-0.4, -0.2) is 28.9 Å². The van der Waals surface area contributed by atoms with Gasteiger partial charge >= 0.3 is 0 Å². The number of para-hydroxylation sites is 1. The first-order chi connectivity index (χ1) is 9.65. The van der Waals surface area contributed by atoms with Crippen molar-refractivity contribution < 1.29 is 9.18 Å². The van der Waals surface area contributed by atoms with Gasteiger partial charge in [-0.2, -0.15) is 0 Å². The molecule has 1 aliphatic heterocycles. The molecule has 3 nitrogen and oxygen atoms in total. The Morgan fingerprint density at radius 3 is 3.00 bits per heavy atom. The fourth-order valence-corrected chi connectivity index (χ4v) is 2.77. The third-order valence-electron chi connectivity index (χ3n) is 3.83. The van der Waals surface area contributed by atoms with Gasteiger partial charge in [-0.05, 0) is 30.9 Å². The fraction of sp³-hybridized carbons (Fsp3) is 0.375. The lowest BCUT2D eigenvalue weighted by molar-refractivity contribution is 0.0677. The van der Waals surface area contributed by atoms with Gasteiger partial charge in [0.05, 0.1) is 0 Å². The maximum absolute atomic E-state index is 13.7. The number of carbonyl (C=O) groups excluding carboxylic acids is 1. The van der Waals surface area contributed by atoms with Crippen molar-refractivity contribution in [3.63, 3.8) is 0 Å². The van der Waals surface area contributed by atoms with E-state index >= 15 is 0 Å². The minimum Gasteiger partial charge on any atom is -0.337 e. The van der Waals surface area contributed by atoms with Gasteiger partial charge in [0, 0.05) is 18.5 Å². The lowest BCUT2D eigenvalue weighted by Gasteiger charge is -2.30. The van der Waals surface area contributed by atoms with Crippen molar-refractivity contribution in [2.45, 2.75) is 19.8 Å². The standard InChI is InChI=1S/C16H17FN2O/c1-11-4-3-9-19(10-11)16(20)14-8-7-12-5-2-6-13(17)15(12)18-14/h2,5-8,11H,3-4,9-10H2,1H3. The molecule has 0 aliphatic carbocycles. The Labute approximate surface area is 117 Å². The van der Waals surface area contributed by atoms with E-state index < -0.39 is 0 Å². The number of halogens is 1. The summed E-state index contributed by atoms with van der Waals surface area (Å²) < 4.78 is 13.7. The van der Waals surface area contributed by atoms with Crippen LogP contribution in [0, 0.1) is 11.7 Å². The van der Waals surface area contributed by atoms with Gasteiger partial charge in [-0.15, -0.1) is 0 Å². The van der Waals surface area contributed by atoms with Gasteiger partial charge in [0.25, 0.3) is 5.91 Å². The average molecular weight is 272 g/mol. The van der Waals surface area contributed by atoms with Crippen LogP contribution in [-0.2, 0) is 0 Å². The van der Waals surface area contributed by atoms with Crippen LogP contribution >= 0.6 is 0 Å². The second-order valence-electron chi connectivity index (χ2n) is 5.51. The van der Waals surface area contributed by atoms with E-state index in [1.807, 2.05) is 4.90 Å². The number of pyridine rings is 1. The van der Waals surface area contributed by atoms with Gasteiger partial charge in [0.1, 0.15) is 17.0 Å². The summed E-state index contributed by atoms with van der Waals surface area (Å²) in [6, 6.07) is 8.25. The second-order valence-corrected chi connectivity index (χ2v) is 5.51. The average Bonchev–Trinajstić information content (AvgIpc) is 2.47. The number of hydrogen-bond acceptors (Lipinski definition) is 2. The molecule has 2 heterocycles. The van der Waals surface area contributed by atoms with Gasteiger partial charge in [-0.3, -0.25) is 4.79 Å². The van der Waals surface area contributed by atoms with Crippen LogP contribution in [0.5, 0.6) is 0 Å². The number of fused-ring (bicyclic) bond motifs is 1. The Bertz CT molecular complexity index is 656. The number of hydrogen-bond donors (Lipinski definition) is 0. The maximum atomic E-state index is 13.7. The van der Waals surface area contributed by atoms with Crippen LogP contribution < -0.4 is 0 Å². The molecule has 1 aromatic carbocycles. The molecule has 0 N–H and O–H groups in total. The van der Waals surface area contributed by atoms with Crippen LogP contribution in [0.1, 0.15) is 30.3 Å². The molecule has 0 bridgehead atoms. The van der Waals surface area contributed by atoms with Crippen molar-refractivity contribution in [1.29, 1.82) is 0 Å². The predicted molar refractivity (Wildman–Crippen MR) is 76.0 cm³/mol. The minimum atomic E-state index is -0.385. The molecular weight excluding hydrogens is 255 g/mol. The molecule has 104 valence electrons. The molecule has 1 atom stereocenters. The number of carbonyl (C=O) groups is 1. The molecule has 3 rings (SSSR count).